The monoisotopic (exact) mass is 359 g/mol. The van der Waals surface area contributed by atoms with Crippen molar-refractivity contribution in [2.45, 2.75) is 18.2 Å². The Morgan fingerprint density at radius 3 is 2.38 bits per heavy atom. The van der Waals surface area contributed by atoms with Crippen LogP contribution in [0.15, 0.2) is 54.1 Å². The van der Waals surface area contributed by atoms with Gasteiger partial charge in [-0.25, -0.2) is 4.79 Å². The van der Waals surface area contributed by atoms with Crippen LogP contribution in [0.4, 0.5) is 13.2 Å². The Hall–Kier alpha value is -3.27. The summed E-state index contributed by atoms with van der Waals surface area (Å²) in [7, 11) is 0. The number of rotatable bonds is 3. The fourth-order valence-electron chi connectivity index (χ4n) is 2.87. The van der Waals surface area contributed by atoms with E-state index in [9.17, 15) is 23.1 Å². The molecule has 1 heterocycles. The third-order valence-corrected chi connectivity index (χ3v) is 4.16. The standard InChI is InChI=1S/C19H12F3NO3/c20-19(21,22)18(10-12-5-7-13(11-23)8-6-12)15(17(24)25)9-14-3-1-2-4-16(14)26-18/h1-9H,10H2,(H,24,25). The molecule has 1 atom stereocenters. The first-order chi connectivity index (χ1) is 12.3. The molecule has 3 rings (SSSR count). The molecule has 1 N–H and O–H groups in total. The molecule has 132 valence electrons. The number of nitrogens with zero attached hydrogens (tertiary/aromatic N) is 1. The van der Waals surface area contributed by atoms with Crippen LogP contribution in [0.3, 0.4) is 0 Å². The summed E-state index contributed by atoms with van der Waals surface area (Å²) in [5, 5.41) is 18.2. The third kappa shape index (κ3) is 2.90. The van der Waals surface area contributed by atoms with Crippen LogP contribution in [-0.4, -0.2) is 22.9 Å². The zero-order valence-electron chi connectivity index (χ0n) is 13.2. The number of benzene rings is 2. The summed E-state index contributed by atoms with van der Waals surface area (Å²) in [5.41, 5.74) is -3.15. The zero-order valence-corrected chi connectivity index (χ0v) is 13.2. The number of carboxylic acid groups (broad SMARTS) is 1. The molecule has 0 radical (unpaired) electrons. The van der Waals surface area contributed by atoms with Crippen molar-refractivity contribution in [1.29, 1.82) is 5.26 Å². The second kappa shape index (κ2) is 6.23. The predicted molar refractivity (Wildman–Crippen MR) is 86.3 cm³/mol. The van der Waals surface area contributed by atoms with Crippen LogP contribution >= 0.6 is 0 Å². The van der Waals surface area contributed by atoms with Crippen LogP contribution in [-0.2, 0) is 11.2 Å². The van der Waals surface area contributed by atoms with Crippen LogP contribution in [0.2, 0.25) is 0 Å². The number of para-hydroxylation sites is 1. The molecule has 1 unspecified atom stereocenters. The zero-order chi connectivity index (χ0) is 18.9. The van der Waals surface area contributed by atoms with E-state index in [4.69, 9.17) is 10.00 Å². The average molecular weight is 359 g/mol. The number of alkyl halides is 3. The third-order valence-electron chi connectivity index (χ3n) is 4.16. The Balaban J connectivity index is 2.15. The van der Waals surface area contributed by atoms with E-state index in [0.717, 1.165) is 6.08 Å². The normalized spacial score (nSPS) is 18.9. The smallest absolute Gasteiger partial charge is 0.433 e. The van der Waals surface area contributed by atoms with Gasteiger partial charge in [0, 0.05) is 12.0 Å². The molecule has 26 heavy (non-hydrogen) atoms. The first-order valence-electron chi connectivity index (χ1n) is 7.56. The van der Waals surface area contributed by atoms with Gasteiger partial charge in [-0.15, -0.1) is 0 Å². The lowest BCUT2D eigenvalue weighted by Crippen LogP contribution is -2.56. The largest absolute Gasteiger partial charge is 0.478 e. The van der Waals surface area contributed by atoms with Crippen molar-refractivity contribution in [3.63, 3.8) is 0 Å². The fourth-order valence-corrected chi connectivity index (χ4v) is 2.87. The lowest BCUT2D eigenvalue weighted by atomic mass is 9.82. The van der Waals surface area contributed by atoms with E-state index in [-0.39, 0.29) is 16.9 Å². The fraction of sp³-hybridized carbons (Fsp3) is 0.158. The Bertz CT molecular complexity index is 926. The van der Waals surface area contributed by atoms with Crippen LogP contribution in [0.5, 0.6) is 5.75 Å². The molecule has 7 heteroatoms. The van der Waals surface area contributed by atoms with E-state index in [0.29, 0.717) is 5.56 Å². The highest BCUT2D eigenvalue weighted by molar-refractivity contribution is 5.96. The second-order valence-corrected chi connectivity index (χ2v) is 5.81. The highest BCUT2D eigenvalue weighted by atomic mass is 19.4. The quantitative estimate of drug-likeness (QED) is 0.900. The van der Waals surface area contributed by atoms with Gasteiger partial charge in [0.15, 0.2) is 0 Å². The number of carboxylic acids is 1. The van der Waals surface area contributed by atoms with Gasteiger partial charge >= 0.3 is 12.1 Å². The molecule has 0 bridgehead atoms. The lowest BCUT2D eigenvalue weighted by molar-refractivity contribution is -0.235. The summed E-state index contributed by atoms with van der Waals surface area (Å²) in [6, 6.07) is 13.3. The Morgan fingerprint density at radius 1 is 1.15 bits per heavy atom. The summed E-state index contributed by atoms with van der Waals surface area (Å²) in [5.74, 6) is -1.74. The van der Waals surface area contributed by atoms with Crippen molar-refractivity contribution in [1.82, 2.24) is 0 Å². The van der Waals surface area contributed by atoms with Crippen LogP contribution in [0.25, 0.3) is 6.08 Å². The molecule has 0 saturated carbocycles. The molecule has 0 spiro atoms. The molecule has 0 aromatic heterocycles. The first-order valence-corrected chi connectivity index (χ1v) is 7.56. The van der Waals surface area contributed by atoms with Crippen molar-refractivity contribution in [3.05, 3.63) is 70.8 Å². The highest BCUT2D eigenvalue weighted by Gasteiger charge is 2.62. The summed E-state index contributed by atoms with van der Waals surface area (Å²) in [6.45, 7) is 0. The van der Waals surface area contributed by atoms with E-state index < -0.39 is 29.7 Å². The summed E-state index contributed by atoms with van der Waals surface area (Å²) in [4.78, 5) is 11.6. The minimum atomic E-state index is -4.97. The van der Waals surface area contributed by atoms with E-state index >= 15 is 0 Å². The van der Waals surface area contributed by atoms with E-state index in [1.165, 1.54) is 42.5 Å². The molecule has 0 fully saturated rings. The van der Waals surface area contributed by atoms with Crippen LogP contribution in [0.1, 0.15) is 16.7 Å². The van der Waals surface area contributed by atoms with Crippen molar-refractivity contribution in [2.75, 3.05) is 0 Å². The molecule has 0 saturated heterocycles. The molecule has 1 aliphatic rings. The predicted octanol–water partition coefficient (Wildman–Crippen LogP) is 3.96. The molecule has 0 amide bonds. The first kappa shape index (κ1) is 17.5. The topological polar surface area (TPSA) is 70.3 Å². The van der Waals surface area contributed by atoms with Crippen molar-refractivity contribution >= 4 is 12.0 Å². The van der Waals surface area contributed by atoms with Gasteiger partial charge in [-0.3, -0.25) is 0 Å². The Labute approximate surface area is 146 Å². The molecule has 4 nitrogen and oxygen atoms in total. The maximum Gasteiger partial charge on any atom is 0.433 e. The minimum absolute atomic E-state index is 0.0385. The van der Waals surface area contributed by atoms with E-state index in [1.807, 2.05) is 6.07 Å². The SMILES string of the molecule is N#Cc1ccc(CC2(C(F)(F)F)Oc3ccccc3C=C2C(=O)O)cc1. The van der Waals surface area contributed by atoms with E-state index in [2.05, 4.69) is 0 Å². The highest BCUT2D eigenvalue weighted by Crippen LogP contribution is 2.47. The lowest BCUT2D eigenvalue weighted by Gasteiger charge is -2.39. The molecular formula is C19H12F3NO3. The Kier molecular flexibility index (Phi) is 4.20. The maximum atomic E-state index is 14.1. The van der Waals surface area contributed by atoms with E-state index in [1.54, 1.807) is 6.07 Å². The van der Waals surface area contributed by atoms with Crippen LogP contribution < -0.4 is 4.74 Å². The van der Waals surface area contributed by atoms with Gasteiger partial charge in [-0.2, -0.15) is 18.4 Å². The number of ether oxygens (including phenoxy) is 1. The minimum Gasteiger partial charge on any atom is -0.478 e. The van der Waals surface area contributed by atoms with Gasteiger partial charge in [0.25, 0.3) is 0 Å². The maximum absolute atomic E-state index is 14.1. The van der Waals surface area contributed by atoms with Gasteiger partial charge in [0.1, 0.15) is 5.75 Å². The number of nitriles is 1. The number of hydrogen-bond donors (Lipinski definition) is 1. The van der Waals surface area contributed by atoms with Crippen molar-refractivity contribution in [3.8, 4) is 11.8 Å². The number of halogens is 3. The summed E-state index contributed by atoms with van der Waals surface area (Å²) >= 11 is 0. The number of fused-ring (bicyclic) bond motifs is 1. The molecule has 1 aliphatic heterocycles. The van der Waals surface area contributed by atoms with Crippen molar-refractivity contribution in [2.24, 2.45) is 0 Å². The number of aliphatic carboxylic acids is 1. The van der Waals surface area contributed by atoms with Gasteiger partial charge < -0.3 is 9.84 Å². The van der Waals surface area contributed by atoms with Crippen LogP contribution in [0, 0.1) is 11.3 Å². The average Bonchev–Trinajstić information content (AvgIpc) is 2.60. The van der Waals surface area contributed by atoms with Crippen molar-refractivity contribution < 1.29 is 27.8 Å². The molecular weight excluding hydrogens is 347 g/mol. The van der Waals surface area contributed by atoms with Gasteiger partial charge in [0.2, 0.25) is 5.60 Å². The summed E-state index contributed by atoms with van der Waals surface area (Å²) in [6.07, 6.45) is -4.70. The second-order valence-electron chi connectivity index (χ2n) is 5.81. The Morgan fingerprint density at radius 2 is 1.81 bits per heavy atom. The molecule has 2 aromatic carbocycles. The molecule has 2 aromatic rings. The summed E-state index contributed by atoms with van der Waals surface area (Å²) < 4.78 is 47.4. The molecule has 0 aliphatic carbocycles. The number of hydrogen-bond acceptors (Lipinski definition) is 3. The van der Waals surface area contributed by atoms with Gasteiger partial charge in [0.05, 0.1) is 17.2 Å². The number of carbonyl (C=O) groups is 1. The van der Waals surface area contributed by atoms with Gasteiger partial charge in [-0.05, 0) is 29.8 Å². The van der Waals surface area contributed by atoms with Gasteiger partial charge in [-0.1, -0.05) is 30.3 Å².